The average Bonchev–Trinajstić information content (AvgIpc) is 3.20. The highest BCUT2D eigenvalue weighted by molar-refractivity contribution is 7.99. The number of ketones is 1. The molecule has 2 aromatic rings. The zero-order valence-corrected chi connectivity index (χ0v) is 16.0. The molecule has 0 radical (unpaired) electrons. The number of aryl methyl sites for hydroxylation is 2. The van der Waals surface area contributed by atoms with Gasteiger partial charge in [-0.2, -0.15) is 0 Å². The number of Topliss-reactive ketones (excluding diaryl/α,β-unsaturated/α-hetero) is 1. The van der Waals surface area contributed by atoms with Crippen molar-refractivity contribution in [1.82, 2.24) is 9.97 Å². The summed E-state index contributed by atoms with van der Waals surface area (Å²) in [4.78, 5) is 24.7. The quantitative estimate of drug-likeness (QED) is 0.748. The molecule has 3 heterocycles. The number of H-pyrrole nitrogens is 1. The standard InChI is InChI=1S/C19H21N5O2S/c1-9-10(2)23-19(22-9)27-15-7-6-14(26-15)16-11(8-20)18(21)24-12-4-3-5-13(25)17(12)16/h6-8,16H,3-5,20H2,1-2H3,(H2,21,24)(H,22,23)/b11-8-. The summed E-state index contributed by atoms with van der Waals surface area (Å²) in [5, 5.41) is 1.44. The molecule has 0 amide bonds. The topological polar surface area (TPSA) is 123 Å². The van der Waals surface area contributed by atoms with Crippen LogP contribution in [0.1, 0.15) is 42.3 Å². The Morgan fingerprint density at radius 3 is 2.85 bits per heavy atom. The monoisotopic (exact) mass is 383 g/mol. The van der Waals surface area contributed by atoms with Crippen LogP contribution >= 0.6 is 11.8 Å². The predicted octanol–water partition coefficient (Wildman–Crippen LogP) is 3.07. The highest BCUT2D eigenvalue weighted by Gasteiger charge is 2.37. The SMILES string of the molecule is Cc1nc(Sc2ccc(C3C4=C(CCCC4=O)N=C(N)/C3=C\N)o2)[nH]c1C. The van der Waals surface area contributed by atoms with Gasteiger partial charge >= 0.3 is 0 Å². The Hall–Kier alpha value is -2.74. The van der Waals surface area contributed by atoms with E-state index in [-0.39, 0.29) is 5.78 Å². The molecule has 0 aromatic carbocycles. The summed E-state index contributed by atoms with van der Waals surface area (Å²) < 4.78 is 6.06. The minimum Gasteiger partial charge on any atom is -0.453 e. The van der Waals surface area contributed by atoms with E-state index in [1.165, 1.54) is 18.0 Å². The van der Waals surface area contributed by atoms with Crippen LogP contribution in [0.25, 0.3) is 0 Å². The number of nitrogens with zero attached hydrogens (tertiary/aromatic N) is 2. The Kier molecular flexibility index (Phi) is 4.43. The third kappa shape index (κ3) is 3.10. The first-order valence-corrected chi connectivity index (χ1v) is 9.63. The van der Waals surface area contributed by atoms with Crippen LogP contribution in [0.4, 0.5) is 0 Å². The van der Waals surface area contributed by atoms with Gasteiger partial charge in [0.1, 0.15) is 11.6 Å². The first kappa shape index (κ1) is 17.7. The number of furan rings is 1. The van der Waals surface area contributed by atoms with Crippen molar-refractivity contribution in [2.45, 2.75) is 49.3 Å². The minimum atomic E-state index is -0.412. The molecule has 27 heavy (non-hydrogen) atoms. The summed E-state index contributed by atoms with van der Waals surface area (Å²) in [6.07, 6.45) is 3.46. The predicted molar refractivity (Wildman–Crippen MR) is 103 cm³/mol. The number of carbonyl (C=O) groups is 1. The second kappa shape index (κ2) is 6.77. The third-order valence-electron chi connectivity index (χ3n) is 4.95. The fourth-order valence-corrected chi connectivity index (χ4v) is 4.34. The van der Waals surface area contributed by atoms with E-state index >= 15 is 0 Å². The van der Waals surface area contributed by atoms with Crippen molar-refractivity contribution < 1.29 is 9.21 Å². The molecular formula is C19H21N5O2S. The van der Waals surface area contributed by atoms with Crippen molar-refractivity contribution in [3.8, 4) is 0 Å². The maximum Gasteiger partial charge on any atom is 0.173 e. The van der Waals surface area contributed by atoms with E-state index in [0.29, 0.717) is 34.3 Å². The van der Waals surface area contributed by atoms with Gasteiger partial charge in [-0.1, -0.05) is 0 Å². The molecule has 2 aliphatic rings. The minimum absolute atomic E-state index is 0.0831. The van der Waals surface area contributed by atoms with Crippen LogP contribution in [-0.2, 0) is 4.79 Å². The summed E-state index contributed by atoms with van der Waals surface area (Å²) in [6, 6.07) is 3.74. The highest BCUT2D eigenvalue weighted by atomic mass is 32.2. The van der Waals surface area contributed by atoms with Crippen molar-refractivity contribution in [2.75, 3.05) is 0 Å². The second-order valence-electron chi connectivity index (χ2n) is 6.70. The number of nitrogens with one attached hydrogen (secondary N) is 1. The van der Waals surface area contributed by atoms with E-state index in [9.17, 15) is 4.79 Å². The largest absolute Gasteiger partial charge is 0.453 e. The van der Waals surface area contributed by atoms with Crippen LogP contribution in [0, 0.1) is 13.8 Å². The first-order valence-electron chi connectivity index (χ1n) is 8.81. The van der Waals surface area contributed by atoms with Crippen LogP contribution in [-0.4, -0.2) is 21.6 Å². The number of nitrogens with two attached hydrogens (primary N) is 2. The van der Waals surface area contributed by atoms with Gasteiger partial charge in [-0.25, -0.2) is 9.98 Å². The highest BCUT2D eigenvalue weighted by Crippen LogP contribution is 2.43. The van der Waals surface area contributed by atoms with Crippen LogP contribution in [0.5, 0.6) is 0 Å². The molecule has 1 atom stereocenters. The lowest BCUT2D eigenvalue weighted by molar-refractivity contribution is -0.116. The van der Waals surface area contributed by atoms with Gasteiger partial charge in [0, 0.05) is 29.5 Å². The molecule has 1 unspecified atom stereocenters. The lowest BCUT2D eigenvalue weighted by atomic mass is 9.78. The molecule has 5 N–H and O–H groups in total. The number of allylic oxidation sites excluding steroid dienone is 2. The molecular weight excluding hydrogens is 362 g/mol. The number of aromatic amines is 1. The first-order chi connectivity index (χ1) is 13.0. The van der Waals surface area contributed by atoms with Gasteiger partial charge in [-0.3, -0.25) is 4.79 Å². The Morgan fingerprint density at radius 1 is 1.33 bits per heavy atom. The molecule has 1 aliphatic heterocycles. The van der Waals surface area contributed by atoms with Gasteiger partial charge < -0.3 is 20.9 Å². The summed E-state index contributed by atoms with van der Waals surface area (Å²) in [6.45, 7) is 3.93. The number of aromatic nitrogens is 2. The molecule has 0 bridgehead atoms. The fraction of sp³-hybridized carbons (Fsp3) is 0.316. The lowest BCUT2D eigenvalue weighted by Crippen LogP contribution is -2.30. The van der Waals surface area contributed by atoms with Crippen molar-refractivity contribution in [3.63, 3.8) is 0 Å². The Bertz CT molecular complexity index is 992. The van der Waals surface area contributed by atoms with Gasteiger partial charge in [0.05, 0.1) is 17.3 Å². The smallest absolute Gasteiger partial charge is 0.173 e. The lowest BCUT2D eigenvalue weighted by Gasteiger charge is -2.29. The maximum atomic E-state index is 12.6. The zero-order valence-electron chi connectivity index (χ0n) is 15.2. The number of hydrogen-bond donors (Lipinski definition) is 3. The van der Waals surface area contributed by atoms with E-state index < -0.39 is 5.92 Å². The number of imidazole rings is 1. The normalized spacial score (nSPS) is 21.6. The number of hydrogen-bond acceptors (Lipinski definition) is 7. The van der Waals surface area contributed by atoms with E-state index in [2.05, 4.69) is 15.0 Å². The average molecular weight is 383 g/mol. The van der Waals surface area contributed by atoms with E-state index in [1.54, 1.807) is 0 Å². The summed E-state index contributed by atoms with van der Waals surface area (Å²) in [7, 11) is 0. The van der Waals surface area contributed by atoms with Gasteiger partial charge in [0.2, 0.25) is 0 Å². The molecule has 4 rings (SSSR count). The van der Waals surface area contributed by atoms with Crippen LogP contribution in [0.3, 0.4) is 0 Å². The molecule has 1 aliphatic carbocycles. The molecule has 0 spiro atoms. The Balaban J connectivity index is 1.71. The van der Waals surface area contributed by atoms with Crippen molar-refractivity contribution in [1.29, 1.82) is 0 Å². The fourth-order valence-electron chi connectivity index (χ4n) is 3.48. The summed E-state index contributed by atoms with van der Waals surface area (Å²) >= 11 is 1.40. The molecule has 0 saturated heterocycles. The van der Waals surface area contributed by atoms with E-state index in [1.807, 2.05) is 26.0 Å². The Morgan fingerprint density at radius 2 is 2.15 bits per heavy atom. The Labute approximate surface area is 161 Å². The van der Waals surface area contributed by atoms with Crippen LogP contribution in [0.2, 0.25) is 0 Å². The summed E-state index contributed by atoms with van der Waals surface area (Å²) in [5.74, 6) is 0.651. The number of carbonyl (C=O) groups excluding carboxylic acids is 1. The van der Waals surface area contributed by atoms with E-state index in [0.717, 1.165) is 35.1 Å². The van der Waals surface area contributed by atoms with E-state index in [4.69, 9.17) is 15.9 Å². The van der Waals surface area contributed by atoms with Gasteiger partial charge in [0.15, 0.2) is 16.0 Å². The molecule has 7 nitrogen and oxygen atoms in total. The van der Waals surface area contributed by atoms with Crippen LogP contribution < -0.4 is 11.5 Å². The van der Waals surface area contributed by atoms with Crippen molar-refractivity contribution in [3.05, 3.63) is 52.3 Å². The van der Waals surface area contributed by atoms with Gasteiger partial charge in [-0.15, -0.1) is 0 Å². The maximum absolute atomic E-state index is 12.6. The number of amidine groups is 1. The second-order valence-corrected chi connectivity index (χ2v) is 7.69. The zero-order chi connectivity index (χ0) is 19.1. The van der Waals surface area contributed by atoms with Gasteiger partial charge in [0.25, 0.3) is 0 Å². The van der Waals surface area contributed by atoms with Crippen LogP contribution in [0.15, 0.2) is 54.8 Å². The molecule has 0 saturated carbocycles. The molecule has 0 fully saturated rings. The molecule has 8 heteroatoms. The number of rotatable bonds is 3. The third-order valence-corrected chi connectivity index (χ3v) is 5.76. The van der Waals surface area contributed by atoms with Crippen molar-refractivity contribution >= 4 is 23.4 Å². The van der Waals surface area contributed by atoms with Crippen molar-refractivity contribution in [2.24, 2.45) is 16.5 Å². The number of aliphatic imine (C=N–C) groups is 1. The molecule has 140 valence electrons. The molecule has 2 aromatic heterocycles. The summed E-state index contributed by atoms with van der Waals surface area (Å²) in [5.41, 5.74) is 15.9. The van der Waals surface area contributed by atoms with Gasteiger partial charge in [-0.05, 0) is 50.6 Å².